The fourth-order valence-corrected chi connectivity index (χ4v) is 2.66. The molecule has 1 unspecified atom stereocenters. The largest absolute Gasteiger partial charge is 0.299 e. The SMILES string of the molecule is CC1CC(=O)C2CCC1CC2. The highest BCUT2D eigenvalue weighted by Gasteiger charge is 2.34. The third kappa shape index (κ3) is 1.21. The standard InChI is InChI=1S/C10H16O/c1-7-6-10(11)9-4-2-8(7)3-5-9/h7-9H,2-6H2,1H3. The van der Waals surface area contributed by atoms with Crippen LogP contribution < -0.4 is 0 Å². The van der Waals surface area contributed by atoms with E-state index in [-0.39, 0.29) is 0 Å². The van der Waals surface area contributed by atoms with E-state index in [1.54, 1.807) is 0 Å². The van der Waals surface area contributed by atoms with Gasteiger partial charge in [-0.25, -0.2) is 0 Å². The van der Waals surface area contributed by atoms with Gasteiger partial charge in [-0.2, -0.15) is 0 Å². The van der Waals surface area contributed by atoms with E-state index >= 15 is 0 Å². The molecule has 3 aliphatic carbocycles. The smallest absolute Gasteiger partial charge is 0.136 e. The molecule has 62 valence electrons. The van der Waals surface area contributed by atoms with E-state index in [4.69, 9.17) is 0 Å². The molecule has 0 radical (unpaired) electrons. The first-order valence-corrected chi connectivity index (χ1v) is 4.80. The first-order chi connectivity index (χ1) is 5.27. The minimum atomic E-state index is 0.455. The molecule has 0 aromatic carbocycles. The molecule has 0 aromatic rings. The van der Waals surface area contributed by atoms with Gasteiger partial charge in [-0.3, -0.25) is 4.79 Å². The highest BCUT2D eigenvalue weighted by molar-refractivity contribution is 5.81. The van der Waals surface area contributed by atoms with Gasteiger partial charge in [0.25, 0.3) is 0 Å². The second-order valence-corrected chi connectivity index (χ2v) is 4.26. The number of fused-ring (bicyclic) bond motifs is 4. The van der Waals surface area contributed by atoms with E-state index in [0.29, 0.717) is 17.6 Å². The van der Waals surface area contributed by atoms with Gasteiger partial charge in [0.05, 0.1) is 0 Å². The fraction of sp³-hybridized carbons (Fsp3) is 0.900. The number of Topliss-reactive ketones (excluding diaryl/α,β-unsaturated/α-hetero) is 1. The number of carbonyl (C=O) groups is 1. The molecular formula is C10H16O. The van der Waals surface area contributed by atoms with Crippen LogP contribution in [0.5, 0.6) is 0 Å². The zero-order valence-corrected chi connectivity index (χ0v) is 7.18. The molecule has 3 rings (SSSR count). The van der Waals surface area contributed by atoms with E-state index in [0.717, 1.165) is 12.3 Å². The summed E-state index contributed by atoms with van der Waals surface area (Å²) in [5, 5.41) is 0. The van der Waals surface area contributed by atoms with Crippen LogP contribution in [-0.2, 0) is 4.79 Å². The monoisotopic (exact) mass is 152 g/mol. The van der Waals surface area contributed by atoms with Crippen molar-refractivity contribution in [1.29, 1.82) is 0 Å². The minimum Gasteiger partial charge on any atom is -0.299 e. The Kier molecular flexibility index (Phi) is 1.74. The Morgan fingerprint density at radius 2 is 1.82 bits per heavy atom. The van der Waals surface area contributed by atoms with E-state index in [1.807, 2.05) is 0 Å². The molecular weight excluding hydrogens is 136 g/mol. The highest BCUT2D eigenvalue weighted by Crippen LogP contribution is 2.40. The number of ketones is 1. The van der Waals surface area contributed by atoms with Gasteiger partial charge < -0.3 is 0 Å². The Bertz CT molecular complexity index is 166. The summed E-state index contributed by atoms with van der Waals surface area (Å²) in [5.41, 5.74) is 0. The molecule has 2 bridgehead atoms. The van der Waals surface area contributed by atoms with E-state index < -0.39 is 0 Å². The molecule has 0 heterocycles. The number of carbonyl (C=O) groups excluding carboxylic acids is 1. The van der Waals surface area contributed by atoms with Crippen LogP contribution >= 0.6 is 0 Å². The Balaban J connectivity index is 2.18. The van der Waals surface area contributed by atoms with Crippen LogP contribution in [0.2, 0.25) is 0 Å². The Labute approximate surface area is 68.2 Å². The van der Waals surface area contributed by atoms with Crippen LogP contribution in [0.15, 0.2) is 0 Å². The predicted octanol–water partition coefficient (Wildman–Crippen LogP) is 2.40. The van der Waals surface area contributed by atoms with Gasteiger partial charge in [0.15, 0.2) is 0 Å². The molecule has 3 saturated carbocycles. The lowest BCUT2D eigenvalue weighted by Crippen LogP contribution is -2.15. The average molecular weight is 152 g/mol. The lowest BCUT2D eigenvalue weighted by molar-refractivity contribution is -0.123. The molecule has 0 amide bonds. The van der Waals surface area contributed by atoms with Crippen molar-refractivity contribution in [3.05, 3.63) is 0 Å². The Morgan fingerprint density at radius 1 is 1.18 bits per heavy atom. The molecule has 1 heteroatoms. The predicted molar refractivity (Wildman–Crippen MR) is 44.2 cm³/mol. The zero-order chi connectivity index (χ0) is 7.84. The molecule has 0 aliphatic heterocycles. The zero-order valence-electron chi connectivity index (χ0n) is 7.18. The van der Waals surface area contributed by atoms with Gasteiger partial charge in [0.1, 0.15) is 5.78 Å². The molecule has 3 fully saturated rings. The van der Waals surface area contributed by atoms with Crippen LogP contribution in [-0.4, -0.2) is 5.78 Å². The summed E-state index contributed by atoms with van der Waals surface area (Å²) < 4.78 is 0. The van der Waals surface area contributed by atoms with Crippen LogP contribution in [0.1, 0.15) is 39.0 Å². The molecule has 0 aromatic heterocycles. The normalized spacial score (nSPS) is 44.1. The number of rotatable bonds is 0. The number of hydrogen-bond acceptors (Lipinski definition) is 1. The van der Waals surface area contributed by atoms with Crippen molar-refractivity contribution < 1.29 is 4.79 Å². The summed E-state index contributed by atoms with van der Waals surface area (Å²) in [6, 6.07) is 0. The molecule has 11 heavy (non-hydrogen) atoms. The first kappa shape index (κ1) is 7.33. The third-order valence-electron chi connectivity index (χ3n) is 3.56. The lowest BCUT2D eigenvalue weighted by Gasteiger charge is -2.24. The quantitative estimate of drug-likeness (QED) is 0.521. The summed E-state index contributed by atoms with van der Waals surface area (Å²) in [4.78, 5) is 11.5. The Morgan fingerprint density at radius 3 is 2.45 bits per heavy atom. The van der Waals surface area contributed by atoms with Gasteiger partial charge in [-0.05, 0) is 37.5 Å². The fourth-order valence-electron chi connectivity index (χ4n) is 2.66. The maximum atomic E-state index is 11.5. The topological polar surface area (TPSA) is 17.1 Å². The summed E-state index contributed by atoms with van der Waals surface area (Å²) in [6.45, 7) is 2.25. The molecule has 1 nitrogen and oxygen atoms in total. The first-order valence-electron chi connectivity index (χ1n) is 4.80. The van der Waals surface area contributed by atoms with E-state index in [2.05, 4.69) is 6.92 Å². The average Bonchev–Trinajstić information content (AvgIpc) is 2.22. The highest BCUT2D eigenvalue weighted by atomic mass is 16.1. The van der Waals surface area contributed by atoms with Crippen molar-refractivity contribution in [1.82, 2.24) is 0 Å². The Hall–Kier alpha value is -0.330. The van der Waals surface area contributed by atoms with E-state index in [1.165, 1.54) is 25.7 Å². The molecule has 0 saturated heterocycles. The van der Waals surface area contributed by atoms with E-state index in [9.17, 15) is 4.79 Å². The second-order valence-electron chi connectivity index (χ2n) is 4.26. The van der Waals surface area contributed by atoms with Gasteiger partial charge in [0.2, 0.25) is 0 Å². The summed E-state index contributed by atoms with van der Waals surface area (Å²) >= 11 is 0. The maximum absolute atomic E-state index is 11.5. The van der Waals surface area contributed by atoms with Crippen molar-refractivity contribution in [3.8, 4) is 0 Å². The van der Waals surface area contributed by atoms with Crippen molar-refractivity contribution in [2.24, 2.45) is 17.8 Å². The number of hydrogen-bond donors (Lipinski definition) is 0. The summed E-state index contributed by atoms with van der Waals surface area (Å²) in [6.07, 6.45) is 5.88. The van der Waals surface area contributed by atoms with Crippen LogP contribution in [0, 0.1) is 17.8 Å². The van der Waals surface area contributed by atoms with Crippen LogP contribution in [0.4, 0.5) is 0 Å². The van der Waals surface area contributed by atoms with Gasteiger partial charge >= 0.3 is 0 Å². The van der Waals surface area contributed by atoms with Gasteiger partial charge in [-0.15, -0.1) is 0 Å². The van der Waals surface area contributed by atoms with Crippen molar-refractivity contribution in [2.45, 2.75) is 39.0 Å². The van der Waals surface area contributed by atoms with Crippen LogP contribution in [0.25, 0.3) is 0 Å². The molecule has 0 N–H and O–H groups in total. The summed E-state index contributed by atoms with van der Waals surface area (Å²) in [5.74, 6) is 2.56. The third-order valence-corrected chi connectivity index (χ3v) is 3.56. The minimum absolute atomic E-state index is 0.455. The van der Waals surface area contributed by atoms with Crippen LogP contribution in [0.3, 0.4) is 0 Å². The summed E-state index contributed by atoms with van der Waals surface area (Å²) in [7, 11) is 0. The lowest BCUT2D eigenvalue weighted by atomic mass is 9.81. The van der Waals surface area contributed by atoms with Crippen molar-refractivity contribution in [2.75, 3.05) is 0 Å². The van der Waals surface area contributed by atoms with Gasteiger partial charge in [-0.1, -0.05) is 6.92 Å². The second kappa shape index (κ2) is 2.62. The van der Waals surface area contributed by atoms with Crippen molar-refractivity contribution >= 4 is 5.78 Å². The maximum Gasteiger partial charge on any atom is 0.136 e. The molecule has 3 aliphatic rings. The molecule has 1 atom stereocenters. The molecule has 0 spiro atoms. The van der Waals surface area contributed by atoms with Gasteiger partial charge in [0, 0.05) is 12.3 Å². The van der Waals surface area contributed by atoms with Crippen molar-refractivity contribution in [3.63, 3.8) is 0 Å².